The Labute approximate surface area is 148 Å². The van der Waals surface area contributed by atoms with E-state index < -0.39 is 5.60 Å². The summed E-state index contributed by atoms with van der Waals surface area (Å²) in [5.41, 5.74) is 1.96. The average molecular weight is 337 g/mol. The maximum Gasteiger partial charge on any atom is 0.410 e. The number of ether oxygens (including phenoxy) is 1. The summed E-state index contributed by atoms with van der Waals surface area (Å²) in [7, 11) is 1.80. The molecule has 1 fully saturated rings. The Balaban J connectivity index is 2.96. The summed E-state index contributed by atoms with van der Waals surface area (Å²) >= 11 is 0. The maximum absolute atomic E-state index is 12.7. The molecule has 0 aromatic rings. The zero-order chi connectivity index (χ0) is 18.7. The van der Waals surface area contributed by atoms with Crippen molar-refractivity contribution in [2.24, 2.45) is 16.8 Å². The molecule has 0 radical (unpaired) electrons. The fourth-order valence-electron chi connectivity index (χ4n) is 3.30. The molecule has 1 aliphatic heterocycles. The molecule has 0 spiro atoms. The molecule has 2 atom stereocenters. The molecule has 4 nitrogen and oxygen atoms in total. The van der Waals surface area contributed by atoms with Gasteiger partial charge < -0.3 is 9.64 Å². The number of carbonyl (C=O) groups excluding carboxylic acids is 1. The smallest absolute Gasteiger partial charge is 0.410 e. The van der Waals surface area contributed by atoms with Crippen molar-refractivity contribution in [2.75, 3.05) is 13.6 Å². The highest BCUT2D eigenvalue weighted by Gasteiger charge is 2.40. The highest BCUT2D eigenvalue weighted by Crippen LogP contribution is 2.37. The van der Waals surface area contributed by atoms with Gasteiger partial charge in [-0.25, -0.2) is 4.79 Å². The quantitative estimate of drug-likeness (QED) is 0.674. The third-order valence-electron chi connectivity index (χ3n) is 5.22. The van der Waals surface area contributed by atoms with Crippen molar-refractivity contribution in [2.45, 2.75) is 79.4 Å². The number of hydrogen-bond donors (Lipinski definition) is 0. The third kappa shape index (κ3) is 5.35. The molecule has 0 N–H and O–H groups in total. The van der Waals surface area contributed by atoms with Crippen molar-refractivity contribution in [3.8, 4) is 0 Å². The second-order valence-corrected chi connectivity index (χ2v) is 8.74. The van der Waals surface area contributed by atoms with Crippen molar-refractivity contribution in [1.82, 2.24) is 4.90 Å². The van der Waals surface area contributed by atoms with Crippen molar-refractivity contribution in [3.05, 3.63) is 11.1 Å². The molecule has 1 aliphatic rings. The van der Waals surface area contributed by atoms with E-state index >= 15 is 0 Å². The molecule has 0 aromatic heterocycles. The number of likely N-dealkylation sites (tertiary alicyclic amines) is 1. The fourth-order valence-corrected chi connectivity index (χ4v) is 3.30. The van der Waals surface area contributed by atoms with Gasteiger partial charge in [0.15, 0.2) is 0 Å². The van der Waals surface area contributed by atoms with Crippen molar-refractivity contribution < 1.29 is 9.53 Å². The van der Waals surface area contributed by atoms with Gasteiger partial charge >= 0.3 is 6.09 Å². The van der Waals surface area contributed by atoms with Crippen LogP contribution in [0.2, 0.25) is 0 Å². The summed E-state index contributed by atoms with van der Waals surface area (Å²) in [6.07, 6.45) is 3.85. The van der Waals surface area contributed by atoms with Gasteiger partial charge in [0.2, 0.25) is 0 Å². The number of piperidine rings is 1. The Kier molecular flexibility index (Phi) is 6.66. The second kappa shape index (κ2) is 7.71. The molecule has 1 heterocycles. The largest absolute Gasteiger partial charge is 0.444 e. The number of aliphatic imine (C=N–C) groups is 1. The lowest BCUT2D eigenvalue weighted by molar-refractivity contribution is -0.0196. The highest BCUT2D eigenvalue weighted by molar-refractivity contribution is 5.78. The molecule has 0 bridgehead atoms. The lowest BCUT2D eigenvalue weighted by atomic mass is 9.76. The van der Waals surface area contributed by atoms with Gasteiger partial charge in [0.25, 0.3) is 0 Å². The third-order valence-corrected chi connectivity index (χ3v) is 5.22. The number of carbonyl (C=O) groups is 1. The van der Waals surface area contributed by atoms with Crippen molar-refractivity contribution >= 4 is 12.3 Å². The van der Waals surface area contributed by atoms with Crippen LogP contribution in [0.1, 0.15) is 68.2 Å². The Bertz CT molecular complexity index is 512. The zero-order valence-electron chi connectivity index (χ0n) is 17.1. The summed E-state index contributed by atoms with van der Waals surface area (Å²) in [6, 6.07) is 0. The summed E-state index contributed by atoms with van der Waals surface area (Å²) in [5.74, 6) is 0.870. The summed E-state index contributed by atoms with van der Waals surface area (Å²) in [6.45, 7) is 17.3. The molecule has 0 saturated carbocycles. The van der Waals surface area contributed by atoms with E-state index in [2.05, 4.69) is 39.6 Å². The lowest BCUT2D eigenvalue weighted by Crippen LogP contribution is -2.55. The molecular formula is C20H36N2O2. The van der Waals surface area contributed by atoms with Crippen LogP contribution in [0.5, 0.6) is 0 Å². The first-order chi connectivity index (χ1) is 10.9. The first kappa shape index (κ1) is 20.7. The minimum absolute atomic E-state index is 0.157. The summed E-state index contributed by atoms with van der Waals surface area (Å²) in [5, 5.41) is 0. The van der Waals surface area contributed by atoms with Gasteiger partial charge in [-0.1, -0.05) is 12.5 Å². The van der Waals surface area contributed by atoms with Crippen LogP contribution in [0.25, 0.3) is 0 Å². The standard InChI is InChI=1S/C20H36N2O2/c1-14(12-21-9)15(2)16(3)17-10-11-20(7,8)22(13-17)18(23)24-19(4,5)6/h12,16-17H,10-11,13H2,1-9H3/b15-14-,21-12-. The molecule has 1 amide bonds. The number of nitrogens with zero attached hydrogens (tertiary/aromatic N) is 2. The van der Waals surface area contributed by atoms with Gasteiger partial charge in [-0.15, -0.1) is 0 Å². The minimum Gasteiger partial charge on any atom is -0.444 e. The molecular weight excluding hydrogens is 300 g/mol. The normalized spacial score (nSPS) is 23.9. The van der Waals surface area contributed by atoms with Gasteiger partial charge in [0, 0.05) is 25.3 Å². The van der Waals surface area contributed by atoms with Gasteiger partial charge in [0.1, 0.15) is 5.60 Å². The van der Waals surface area contributed by atoms with Gasteiger partial charge in [0.05, 0.1) is 0 Å². The van der Waals surface area contributed by atoms with E-state index in [1.807, 2.05) is 31.9 Å². The highest BCUT2D eigenvalue weighted by atomic mass is 16.6. The monoisotopic (exact) mass is 336 g/mol. The molecule has 2 unspecified atom stereocenters. The molecule has 0 aliphatic carbocycles. The SMILES string of the molecule is C/N=C\C(C)=C(\C)C(C)C1CCC(C)(C)N(C(=O)OC(C)(C)C)C1. The predicted molar refractivity (Wildman–Crippen MR) is 102 cm³/mol. The molecule has 1 saturated heterocycles. The number of amides is 1. The Morgan fingerprint density at radius 2 is 1.92 bits per heavy atom. The van der Waals surface area contributed by atoms with Crippen LogP contribution < -0.4 is 0 Å². The maximum atomic E-state index is 12.7. The van der Waals surface area contributed by atoms with Crippen LogP contribution >= 0.6 is 0 Å². The zero-order valence-corrected chi connectivity index (χ0v) is 17.1. The Hall–Kier alpha value is -1.32. The van der Waals surface area contributed by atoms with Crippen LogP contribution in [0.15, 0.2) is 16.1 Å². The topological polar surface area (TPSA) is 41.9 Å². The fraction of sp³-hybridized carbons (Fsp3) is 0.800. The first-order valence-corrected chi connectivity index (χ1v) is 8.99. The Morgan fingerprint density at radius 1 is 1.33 bits per heavy atom. The van der Waals surface area contributed by atoms with E-state index in [9.17, 15) is 4.79 Å². The van der Waals surface area contributed by atoms with E-state index in [4.69, 9.17) is 4.74 Å². The van der Waals surface area contributed by atoms with Crippen LogP contribution in [0.3, 0.4) is 0 Å². The van der Waals surface area contributed by atoms with Crippen LogP contribution in [0.4, 0.5) is 4.79 Å². The van der Waals surface area contributed by atoms with Gasteiger partial charge in [-0.2, -0.15) is 0 Å². The predicted octanol–water partition coefficient (Wildman–Crippen LogP) is 5.09. The van der Waals surface area contributed by atoms with E-state index in [0.717, 1.165) is 19.4 Å². The molecule has 1 rings (SSSR count). The number of allylic oxidation sites excluding steroid dienone is 2. The van der Waals surface area contributed by atoms with Crippen LogP contribution in [-0.2, 0) is 4.74 Å². The van der Waals surface area contributed by atoms with E-state index in [1.54, 1.807) is 7.05 Å². The molecule has 24 heavy (non-hydrogen) atoms. The van der Waals surface area contributed by atoms with Crippen LogP contribution in [0, 0.1) is 11.8 Å². The lowest BCUT2D eigenvalue weighted by Gasteiger charge is -2.47. The minimum atomic E-state index is -0.463. The number of rotatable bonds is 3. The van der Waals surface area contributed by atoms with E-state index in [-0.39, 0.29) is 11.6 Å². The van der Waals surface area contributed by atoms with Crippen molar-refractivity contribution in [3.63, 3.8) is 0 Å². The molecule has 4 heteroatoms. The number of hydrogen-bond acceptors (Lipinski definition) is 3. The molecule has 138 valence electrons. The van der Waals surface area contributed by atoms with Crippen LogP contribution in [-0.4, -0.2) is 41.9 Å². The first-order valence-electron chi connectivity index (χ1n) is 8.99. The van der Waals surface area contributed by atoms with Gasteiger partial charge in [-0.05, 0) is 78.7 Å². The summed E-state index contributed by atoms with van der Waals surface area (Å²) < 4.78 is 5.64. The summed E-state index contributed by atoms with van der Waals surface area (Å²) in [4.78, 5) is 18.7. The average Bonchev–Trinajstić information content (AvgIpc) is 2.43. The van der Waals surface area contributed by atoms with E-state index in [0.29, 0.717) is 11.8 Å². The van der Waals surface area contributed by atoms with Gasteiger partial charge in [-0.3, -0.25) is 4.99 Å². The Morgan fingerprint density at radius 3 is 2.42 bits per heavy atom. The van der Waals surface area contributed by atoms with Crippen molar-refractivity contribution in [1.29, 1.82) is 0 Å². The second-order valence-electron chi connectivity index (χ2n) is 8.74. The van der Waals surface area contributed by atoms with E-state index in [1.165, 1.54) is 11.1 Å². The molecule has 0 aromatic carbocycles.